The standard InChI is InChI=1S/C10H16ClN3O2S/c1-13-6-5-12-10(13)8-14(9-2-3-9)17(15,16)7-4-11/h5-6,9H,2-4,7-8H2,1H3. The molecule has 0 aliphatic heterocycles. The molecule has 0 N–H and O–H groups in total. The molecular weight excluding hydrogens is 262 g/mol. The van der Waals surface area contributed by atoms with Crippen LogP contribution < -0.4 is 0 Å². The maximum absolute atomic E-state index is 12.1. The lowest BCUT2D eigenvalue weighted by molar-refractivity contribution is 0.386. The van der Waals surface area contributed by atoms with Crippen molar-refractivity contribution in [3.8, 4) is 0 Å². The van der Waals surface area contributed by atoms with E-state index >= 15 is 0 Å². The zero-order chi connectivity index (χ0) is 12.5. The van der Waals surface area contributed by atoms with E-state index in [-0.39, 0.29) is 17.7 Å². The number of hydrogen-bond acceptors (Lipinski definition) is 3. The Morgan fingerprint density at radius 2 is 2.29 bits per heavy atom. The van der Waals surface area contributed by atoms with Crippen LogP contribution in [0.1, 0.15) is 18.7 Å². The van der Waals surface area contributed by atoms with Gasteiger partial charge in [0.05, 0.1) is 12.3 Å². The van der Waals surface area contributed by atoms with E-state index in [4.69, 9.17) is 11.6 Å². The topological polar surface area (TPSA) is 55.2 Å². The summed E-state index contributed by atoms with van der Waals surface area (Å²) in [4.78, 5) is 4.16. The molecule has 0 amide bonds. The van der Waals surface area contributed by atoms with Gasteiger partial charge in [0.2, 0.25) is 10.0 Å². The number of halogens is 1. The number of aromatic nitrogens is 2. The number of sulfonamides is 1. The number of alkyl halides is 1. The van der Waals surface area contributed by atoms with Gasteiger partial charge in [-0.05, 0) is 12.8 Å². The third-order valence-electron chi connectivity index (χ3n) is 2.86. The third-order valence-corrected chi connectivity index (χ3v) is 5.14. The van der Waals surface area contributed by atoms with Crippen LogP contribution in [-0.4, -0.2) is 39.9 Å². The van der Waals surface area contributed by atoms with Gasteiger partial charge in [-0.2, -0.15) is 4.31 Å². The van der Waals surface area contributed by atoms with Crippen molar-refractivity contribution in [3.05, 3.63) is 18.2 Å². The second-order valence-electron chi connectivity index (χ2n) is 4.24. The lowest BCUT2D eigenvalue weighted by Gasteiger charge is -2.20. The maximum atomic E-state index is 12.1. The Kier molecular flexibility index (Phi) is 3.75. The van der Waals surface area contributed by atoms with Crippen molar-refractivity contribution in [2.45, 2.75) is 25.4 Å². The SMILES string of the molecule is Cn1ccnc1CN(C1CC1)S(=O)(=O)CCCl. The van der Waals surface area contributed by atoms with Gasteiger partial charge in [0, 0.05) is 31.4 Å². The predicted molar refractivity (Wildman–Crippen MR) is 66.3 cm³/mol. The van der Waals surface area contributed by atoms with Crippen LogP contribution in [0.15, 0.2) is 12.4 Å². The summed E-state index contributed by atoms with van der Waals surface area (Å²) >= 11 is 5.54. The highest BCUT2D eigenvalue weighted by Gasteiger charge is 2.37. The van der Waals surface area contributed by atoms with E-state index in [0.29, 0.717) is 6.54 Å². The number of rotatable bonds is 6. The smallest absolute Gasteiger partial charge is 0.215 e. The summed E-state index contributed by atoms with van der Waals surface area (Å²) in [6.45, 7) is 0.341. The molecule has 0 radical (unpaired) electrons. The van der Waals surface area contributed by atoms with Gasteiger partial charge in [0.15, 0.2) is 0 Å². The van der Waals surface area contributed by atoms with Crippen LogP contribution in [-0.2, 0) is 23.6 Å². The first kappa shape index (κ1) is 12.9. The normalized spacial score (nSPS) is 16.6. The molecule has 1 saturated carbocycles. The summed E-state index contributed by atoms with van der Waals surface area (Å²) < 4.78 is 27.5. The van der Waals surface area contributed by atoms with Crippen molar-refractivity contribution in [1.82, 2.24) is 13.9 Å². The Labute approximate surface area is 106 Å². The van der Waals surface area contributed by atoms with Crippen molar-refractivity contribution in [2.75, 3.05) is 11.6 Å². The molecule has 1 aromatic heterocycles. The minimum absolute atomic E-state index is 0.00449. The van der Waals surface area contributed by atoms with Crippen LogP contribution >= 0.6 is 11.6 Å². The van der Waals surface area contributed by atoms with Crippen LogP contribution in [0.25, 0.3) is 0 Å². The summed E-state index contributed by atoms with van der Waals surface area (Å²) in [7, 11) is -1.39. The van der Waals surface area contributed by atoms with Crippen molar-refractivity contribution in [2.24, 2.45) is 7.05 Å². The molecular formula is C10H16ClN3O2S. The average molecular weight is 278 g/mol. The lowest BCUT2D eigenvalue weighted by atomic mass is 10.5. The Balaban J connectivity index is 2.16. The number of aryl methyl sites for hydroxylation is 1. The molecule has 96 valence electrons. The fourth-order valence-electron chi connectivity index (χ4n) is 1.72. The molecule has 0 atom stereocenters. The Bertz CT molecular complexity index is 481. The maximum Gasteiger partial charge on any atom is 0.215 e. The zero-order valence-electron chi connectivity index (χ0n) is 9.71. The van der Waals surface area contributed by atoms with Gasteiger partial charge >= 0.3 is 0 Å². The summed E-state index contributed by atoms with van der Waals surface area (Å²) in [5.74, 6) is 0.886. The van der Waals surface area contributed by atoms with E-state index in [2.05, 4.69) is 4.98 Å². The molecule has 0 aromatic carbocycles. The second kappa shape index (κ2) is 4.96. The Morgan fingerprint density at radius 1 is 1.59 bits per heavy atom. The molecule has 5 nitrogen and oxygen atoms in total. The summed E-state index contributed by atoms with van der Waals surface area (Å²) in [6.07, 6.45) is 5.36. The number of hydrogen-bond donors (Lipinski definition) is 0. The zero-order valence-corrected chi connectivity index (χ0v) is 11.3. The largest absolute Gasteiger partial charge is 0.337 e. The monoisotopic (exact) mass is 277 g/mol. The van der Waals surface area contributed by atoms with Gasteiger partial charge in [-0.1, -0.05) is 0 Å². The van der Waals surface area contributed by atoms with Crippen molar-refractivity contribution < 1.29 is 8.42 Å². The van der Waals surface area contributed by atoms with Gasteiger partial charge in [0.1, 0.15) is 5.82 Å². The molecule has 7 heteroatoms. The van der Waals surface area contributed by atoms with Gasteiger partial charge in [0.25, 0.3) is 0 Å². The minimum Gasteiger partial charge on any atom is -0.337 e. The Morgan fingerprint density at radius 3 is 2.76 bits per heavy atom. The first-order valence-corrected chi connectivity index (χ1v) is 7.70. The average Bonchev–Trinajstić information content (AvgIpc) is 2.99. The molecule has 0 bridgehead atoms. The molecule has 17 heavy (non-hydrogen) atoms. The fourth-order valence-corrected chi connectivity index (χ4v) is 3.71. The van der Waals surface area contributed by atoms with Crippen LogP contribution in [0.5, 0.6) is 0 Å². The summed E-state index contributed by atoms with van der Waals surface area (Å²) in [6, 6.07) is 0.139. The van der Waals surface area contributed by atoms with Crippen molar-refractivity contribution >= 4 is 21.6 Å². The Hall–Kier alpha value is -0.590. The highest BCUT2D eigenvalue weighted by Crippen LogP contribution is 2.30. The number of imidazole rings is 1. The van der Waals surface area contributed by atoms with E-state index in [9.17, 15) is 8.42 Å². The summed E-state index contributed by atoms with van der Waals surface area (Å²) in [5, 5.41) is 0. The highest BCUT2D eigenvalue weighted by atomic mass is 35.5. The number of nitrogens with zero attached hydrogens (tertiary/aromatic N) is 3. The lowest BCUT2D eigenvalue weighted by Crippen LogP contribution is -2.35. The van der Waals surface area contributed by atoms with E-state index in [1.54, 1.807) is 6.20 Å². The van der Waals surface area contributed by atoms with Crippen LogP contribution in [0.4, 0.5) is 0 Å². The van der Waals surface area contributed by atoms with Crippen LogP contribution in [0.3, 0.4) is 0 Å². The minimum atomic E-state index is -3.25. The highest BCUT2D eigenvalue weighted by molar-refractivity contribution is 7.89. The van der Waals surface area contributed by atoms with Crippen LogP contribution in [0, 0.1) is 0 Å². The van der Waals surface area contributed by atoms with Crippen LogP contribution in [0.2, 0.25) is 0 Å². The van der Waals surface area contributed by atoms with Gasteiger partial charge in [-0.25, -0.2) is 13.4 Å². The molecule has 2 rings (SSSR count). The molecule has 1 aromatic rings. The first-order valence-electron chi connectivity index (χ1n) is 5.56. The van der Waals surface area contributed by atoms with Crippen molar-refractivity contribution in [1.29, 1.82) is 0 Å². The van der Waals surface area contributed by atoms with Crippen molar-refractivity contribution in [3.63, 3.8) is 0 Å². The van der Waals surface area contributed by atoms with E-state index < -0.39 is 10.0 Å². The first-order chi connectivity index (χ1) is 8.04. The van der Waals surface area contributed by atoms with Gasteiger partial charge in [-0.15, -0.1) is 11.6 Å². The molecule has 0 unspecified atom stereocenters. The third kappa shape index (κ3) is 3.00. The molecule has 0 saturated heterocycles. The molecule has 1 fully saturated rings. The second-order valence-corrected chi connectivity index (χ2v) is 6.65. The van der Waals surface area contributed by atoms with Gasteiger partial charge in [-0.3, -0.25) is 0 Å². The summed E-state index contributed by atoms with van der Waals surface area (Å²) in [5.41, 5.74) is 0. The molecule has 1 aliphatic carbocycles. The fraction of sp³-hybridized carbons (Fsp3) is 0.700. The van der Waals surface area contributed by atoms with E-state index in [1.165, 1.54) is 4.31 Å². The molecule has 1 aliphatic rings. The van der Waals surface area contributed by atoms with E-state index in [1.807, 2.05) is 17.8 Å². The quantitative estimate of drug-likeness (QED) is 0.728. The molecule has 0 spiro atoms. The van der Waals surface area contributed by atoms with Gasteiger partial charge < -0.3 is 4.57 Å². The molecule has 1 heterocycles. The van der Waals surface area contributed by atoms with E-state index in [0.717, 1.165) is 18.7 Å². The predicted octanol–water partition coefficient (Wildman–Crippen LogP) is 0.953.